The van der Waals surface area contributed by atoms with Crippen LogP contribution in [0.2, 0.25) is 0 Å². The lowest BCUT2D eigenvalue weighted by atomic mass is 10.0. The largest absolute Gasteiger partial charge is 0.392 e. The van der Waals surface area contributed by atoms with Crippen LogP contribution in [0.3, 0.4) is 0 Å². The van der Waals surface area contributed by atoms with Crippen LogP contribution in [0, 0.1) is 17.1 Å². The third-order valence-corrected chi connectivity index (χ3v) is 5.80. The van der Waals surface area contributed by atoms with Gasteiger partial charge in [0.15, 0.2) is 0 Å². The quantitative estimate of drug-likeness (QED) is 0.910. The maximum Gasteiger partial charge on any atom is 0.245 e. The molecule has 0 bridgehead atoms. The van der Waals surface area contributed by atoms with Gasteiger partial charge in [-0.15, -0.1) is 0 Å². The summed E-state index contributed by atoms with van der Waals surface area (Å²) in [7, 11) is -3.90. The Morgan fingerprint density at radius 2 is 1.96 bits per heavy atom. The topological polar surface area (TPSA) is 94.3 Å². The molecule has 0 spiro atoms. The molecule has 0 aliphatic carbocycles. The standard InChI is InChI=1S/C16H14FN3O3S/c17-12-3-1-11(2-4-12)16-7-14(21)10-20(16)24(22,23)15-6-5-13(8-18)19-9-15/h1-6,9,14,16,21H,7,10H2. The van der Waals surface area contributed by atoms with Crippen LogP contribution in [0.15, 0.2) is 47.5 Å². The first-order chi connectivity index (χ1) is 11.4. The third-order valence-electron chi connectivity index (χ3n) is 3.95. The highest BCUT2D eigenvalue weighted by Crippen LogP contribution is 2.36. The van der Waals surface area contributed by atoms with Crippen molar-refractivity contribution in [1.29, 1.82) is 5.26 Å². The van der Waals surface area contributed by atoms with E-state index in [4.69, 9.17) is 5.26 Å². The number of aromatic nitrogens is 1. The van der Waals surface area contributed by atoms with Gasteiger partial charge in [0, 0.05) is 12.7 Å². The van der Waals surface area contributed by atoms with Crippen molar-refractivity contribution in [3.8, 4) is 6.07 Å². The Labute approximate surface area is 138 Å². The van der Waals surface area contributed by atoms with Crippen molar-refractivity contribution in [1.82, 2.24) is 9.29 Å². The summed E-state index contributed by atoms with van der Waals surface area (Å²) < 4.78 is 40.0. The number of hydrogen-bond acceptors (Lipinski definition) is 5. The molecule has 1 aliphatic rings. The van der Waals surface area contributed by atoms with Crippen LogP contribution in [0.5, 0.6) is 0 Å². The number of aliphatic hydroxyl groups is 1. The summed E-state index contributed by atoms with van der Waals surface area (Å²) in [6.07, 6.45) is 0.552. The number of benzene rings is 1. The van der Waals surface area contributed by atoms with Crippen LogP contribution in [-0.2, 0) is 10.0 Å². The summed E-state index contributed by atoms with van der Waals surface area (Å²) in [6, 6.07) is 9.42. The van der Waals surface area contributed by atoms with E-state index in [1.807, 2.05) is 6.07 Å². The van der Waals surface area contributed by atoms with Crippen molar-refractivity contribution in [2.75, 3.05) is 6.54 Å². The lowest BCUT2D eigenvalue weighted by Crippen LogP contribution is -2.32. The van der Waals surface area contributed by atoms with E-state index in [2.05, 4.69) is 4.98 Å². The highest BCUT2D eigenvalue weighted by molar-refractivity contribution is 7.89. The van der Waals surface area contributed by atoms with Gasteiger partial charge in [-0.05, 0) is 36.2 Å². The first-order valence-corrected chi connectivity index (χ1v) is 8.67. The summed E-state index contributed by atoms with van der Waals surface area (Å²) in [5.74, 6) is -0.414. The summed E-state index contributed by atoms with van der Waals surface area (Å²) >= 11 is 0. The Hall–Kier alpha value is -2.34. The second-order valence-electron chi connectivity index (χ2n) is 5.52. The Morgan fingerprint density at radius 3 is 2.54 bits per heavy atom. The number of nitrogens with zero attached hydrogens (tertiary/aromatic N) is 3. The number of hydrogen-bond donors (Lipinski definition) is 1. The van der Waals surface area contributed by atoms with E-state index in [9.17, 15) is 17.9 Å². The Bertz CT molecular complexity index is 876. The van der Waals surface area contributed by atoms with Gasteiger partial charge in [0.25, 0.3) is 0 Å². The Morgan fingerprint density at radius 1 is 1.25 bits per heavy atom. The first-order valence-electron chi connectivity index (χ1n) is 7.23. The number of nitriles is 1. The normalized spacial score (nSPS) is 21.5. The fraction of sp³-hybridized carbons (Fsp3) is 0.250. The minimum atomic E-state index is -3.90. The maximum atomic E-state index is 13.1. The molecular formula is C16H14FN3O3S. The summed E-state index contributed by atoms with van der Waals surface area (Å²) in [4.78, 5) is 3.73. The molecule has 1 N–H and O–H groups in total. The highest BCUT2D eigenvalue weighted by Gasteiger charge is 2.40. The van der Waals surface area contributed by atoms with Crippen LogP contribution in [0.4, 0.5) is 4.39 Å². The van der Waals surface area contributed by atoms with Crippen LogP contribution >= 0.6 is 0 Å². The van der Waals surface area contributed by atoms with Gasteiger partial charge in [-0.3, -0.25) is 0 Å². The van der Waals surface area contributed by atoms with E-state index in [1.54, 1.807) is 0 Å². The predicted octanol–water partition coefficient (Wildman–Crippen LogP) is 1.59. The molecule has 2 unspecified atom stereocenters. The van der Waals surface area contributed by atoms with E-state index < -0.39 is 28.0 Å². The number of rotatable bonds is 3. The summed E-state index contributed by atoms with van der Waals surface area (Å²) in [5.41, 5.74) is 0.726. The van der Waals surface area contributed by atoms with E-state index >= 15 is 0 Å². The monoisotopic (exact) mass is 347 g/mol. The second-order valence-corrected chi connectivity index (χ2v) is 7.41. The van der Waals surface area contributed by atoms with Gasteiger partial charge in [0.1, 0.15) is 22.5 Å². The first kappa shape index (κ1) is 16.5. The molecule has 24 heavy (non-hydrogen) atoms. The van der Waals surface area contributed by atoms with Gasteiger partial charge in [-0.1, -0.05) is 12.1 Å². The van der Waals surface area contributed by atoms with E-state index in [0.717, 1.165) is 6.20 Å². The van der Waals surface area contributed by atoms with Gasteiger partial charge >= 0.3 is 0 Å². The average Bonchev–Trinajstić information content (AvgIpc) is 2.98. The molecule has 6 nitrogen and oxygen atoms in total. The Balaban J connectivity index is 1.98. The minimum Gasteiger partial charge on any atom is -0.392 e. The number of β-amino-alcohol motifs (C(OH)–C–C–N with tert-alkyl or cyclic N) is 1. The molecular weight excluding hydrogens is 333 g/mol. The second kappa shape index (κ2) is 6.28. The molecule has 1 aromatic carbocycles. The predicted molar refractivity (Wildman–Crippen MR) is 82.6 cm³/mol. The van der Waals surface area contributed by atoms with Gasteiger partial charge < -0.3 is 5.11 Å². The van der Waals surface area contributed by atoms with Crippen LogP contribution in [-0.4, -0.2) is 35.5 Å². The molecule has 1 aromatic heterocycles. The molecule has 0 radical (unpaired) electrons. The highest BCUT2D eigenvalue weighted by atomic mass is 32.2. The molecule has 3 rings (SSSR count). The molecule has 0 amide bonds. The fourth-order valence-electron chi connectivity index (χ4n) is 2.77. The molecule has 0 saturated carbocycles. The van der Waals surface area contributed by atoms with E-state index in [-0.39, 0.29) is 23.6 Å². The zero-order chi connectivity index (χ0) is 17.3. The Kier molecular flexibility index (Phi) is 4.32. The number of aliphatic hydroxyl groups excluding tert-OH is 1. The van der Waals surface area contributed by atoms with Crippen LogP contribution in [0.25, 0.3) is 0 Å². The molecule has 2 atom stereocenters. The zero-order valence-corrected chi connectivity index (χ0v) is 13.3. The van der Waals surface area contributed by atoms with Crippen molar-refractivity contribution < 1.29 is 17.9 Å². The van der Waals surface area contributed by atoms with Gasteiger partial charge in [-0.25, -0.2) is 17.8 Å². The van der Waals surface area contributed by atoms with Gasteiger partial charge in [-0.2, -0.15) is 9.57 Å². The van der Waals surface area contributed by atoms with Gasteiger partial charge in [0.2, 0.25) is 10.0 Å². The molecule has 2 aromatic rings. The average molecular weight is 347 g/mol. The fourth-order valence-corrected chi connectivity index (χ4v) is 4.38. The number of halogens is 1. The summed E-state index contributed by atoms with van der Waals surface area (Å²) in [5, 5.41) is 18.7. The van der Waals surface area contributed by atoms with E-state index in [0.29, 0.717) is 5.56 Å². The van der Waals surface area contributed by atoms with Crippen molar-refractivity contribution in [3.63, 3.8) is 0 Å². The van der Waals surface area contributed by atoms with Crippen molar-refractivity contribution in [2.45, 2.75) is 23.5 Å². The molecule has 8 heteroatoms. The van der Waals surface area contributed by atoms with Crippen molar-refractivity contribution >= 4 is 10.0 Å². The molecule has 124 valence electrons. The van der Waals surface area contributed by atoms with Crippen molar-refractivity contribution in [3.05, 3.63) is 59.7 Å². The number of sulfonamides is 1. The lowest BCUT2D eigenvalue weighted by Gasteiger charge is -2.24. The van der Waals surface area contributed by atoms with Gasteiger partial charge in [0.05, 0.1) is 12.1 Å². The summed E-state index contributed by atoms with van der Waals surface area (Å²) in [6.45, 7) is -0.0512. The molecule has 2 heterocycles. The molecule has 1 fully saturated rings. The van der Waals surface area contributed by atoms with Crippen LogP contribution in [0.1, 0.15) is 23.7 Å². The zero-order valence-electron chi connectivity index (χ0n) is 12.5. The maximum absolute atomic E-state index is 13.1. The SMILES string of the molecule is N#Cc1ccc(S(=O)(=O)N2CC(O)CC2c2ccc(F)cc2)cn1. The van der Waals surface area contributed by atoms with Crippen molar-refractivity contribution in [2.24, 2.45) is 0 Å². The smallest absolute Gasteiger partial charge is 0.245 e. The third kappa shape index (κ3) is 3.01. The molecule has 1 aliphatic heterocycles. The van der Waals surface area contributed by atoms with Crippen LogP contribution < -0.4 is 0 Å². The van der Waals surface area contributed by atoms with E-state index in [1.165, 1.54) is 40.7 Å². The number of pyridine rings is 1. The molecule has 1 saturated heterocycles. The lowest BCUT2D eigenvalue weighted by molar-refractivity contribution is 0.188. The minimum absolute atomic E-state index is 0.0512.